The molecule has 6 nitrogen and oxygen atoms in total. The van der Waals surface area contributed by atoms with Gasteiger partial charge in [0, 0.05) is 35.8 Å². The number of carbonyl (C=O) groups is 1. The number of primary amides is 1. The van der Waals surface area contributed by atoms with E-state index in [1.54, 1.807) is 7.11 Å². The molecule has 40 heavy (non-hydrogen) atoms. The molecule has 0 aliphatic heterocycles. The summed E-state index contributed by atoms with van der Waals surface area (Å²) in [5.41, 5.74) is 8.83. The molecule has 5 aromatic rings. The minimum Gasteiger partial charge on any atom is -0.496 e. The van der Waals surface area contributed by atoms with E-state index in [9.17, 15) is 4.79 Å². The zero-order chi connectivity index (χ0) is 28.7. The smallest absolute Gasteiger partial charge is 0.255 e. The first-order valence-corrected chi connectivity index (χ1v) is 13.4. The van der Waals surface area contributed by atoms with Crippen molar-refractivity contribution in [2.45, 2.75) is 19.4 Å². The topological polar surface area (TPSA) is 80.6 Å². The second-order valence-electron chi connectivity index (χ2n) is 9.01. The molecule has 0 saturated heterocycles. The van der Waals surface area contributed by atoms with Crippen molar-refractivity contribution in [3.63, 3.8) is 0 Å². The van der Waals surface area contributed by atoms with Crippen LogP contribution in [0.2, 0.25) is 0 Å². The Balaban J connectivity index is 0.000000224. The summed E-state index contributed by atoms with van der Waals surface area (Å²) in [6.07, 6.45) is 12.3. The van der Waals surface area contributed by atoms with E-state index in [1.165, 1.54) is 22.0 Å². The molecule has 0 spiro atoms. The number of rotatable bonds is 10. The van der Waals surface area contributed by atoms with Gasteiger partial charge in [-0.2, -0.15) is 0 Å². The Hall–Kier alpha value is -4.30. The maximum atomic E-state index is 10.5. The second-order valence-corrected chi connectivity index (χ2v) is 9.74. The van der Waals surface area contributed by atoms with Gasteiger partial charge in [-0.1, -0.05) is 76.1 Å². The molecular weight excluding hydrogens is 517 g/mol. The first kappa shape index (κ1) is 30.2. The number of methoxy groups -OCH3 is 1. The molecule has 1 unspecified atom stereocenters. The van der Waals surface area contributed by atoms with E-state index in [0.717, 1.165) is 42.5 Å². The van der Waals surface area contributed by atoms with Crippen LogP contribution in [0.1, 0.15) is 17.5 Å². The normalized spacial score (nSPS) is 10.3. The average Bonchev–Trinajstić information content (AvgIpc) is 3.40. The number of amides is 1. The molecule has 1 amide bonds. The highest BCUT2D eigenvalue weighted by molar-refractivity contribution is 7.13. The van der Waals surface area contributed by atoms with Crippen LogP contribution in [0.25, 0.3) is 21.7 Å². The molecule has 1 heterocycles. The number of fused-ring (bicyclic) bond motifs is 2. The van der Waals surface area contributed by atoms with E-state index in [1.807, 2.05) is 54.6 Å². The number of aromatic nitrogens is 1. The van der Waals surface area contributed by atoms with Crippen LogP contribution in [-0.4, -0.2) is 35.8 Å². The highest BCUT2D eigenvalue weighted by atomic mass is 31.0. The predicted octanol–water partition coefficient (Wildman–Crippen LogP) is 6.35. The maximum Gasteiger partial charge on any atom is 0.255 e. The fraction of sp³-hybridized carbons (Fsp3) is 0.182. The van der Waals surface area contributed by atoms with Crippen molar-refractivity contribution in [1.82, 2.24) is 9.65 Å². The van der Waals surface area contributed by atoms with Crippen molar-refractivity contribution >= 4 is 37.0 Å². The summed E-state index contributed by atoms with van der Waals surface area (Å²) in [4.78, 5) is 13.9. The van der Waals surface area contributed by atoms with Crippen LogP contribution in [0.4, 0.5) is 0 Å². The third kappa shape index (κ3) is 8.88. The molecular formula is C33H36N3O3P. The fourth-order valence-electron chi connectivity index (χ4n) is 4.35. The largest absolute Gasteiger partial charge is 0.496 e. The zero-order valence-corrected chi connectivity index (χ0v) is 23.9. The Labute approximate surface area is 238 Å². The number of nitrogens with two attached hydrogens (primary N) is 1. The van der Waals surface area contributed by atoms with Crippen molar-refractivity contribution in [1.29, 1.82) is 0 Å². The van der Waals surface area contributed by atoms with Crippen LogP contribution in [0.15, 0.2) is 97.2 Å². The third-order valence-corrected chi connectivity index (χ3v) is 6.68. The van der Waals surface area contributed by atoms with Gasteiger partial charge in [0.1, 0.15) is 11.5 Å². The van der Waals surface area contributed by atoms with Gasteiger partial charge in [-0.15, -0.1) is 12.8 Å². The molecule has 0 bridgehead atoms. The van der Waals surface area contributed by atoms with Crippen molar-refractivity contribution < 1.29 is 14.3 Å². The lowest BCUT2D eigenvalue weighted by atomic mass is 10.1. The number of hydrogen-bond donors (Lipinski definition) is 2. The van der Waals surface area contributed by atoms with Gasteiger partial charge in [0.05, 0.1) is 7.11 Å². The summed E-state index contributed by atoms with van der Waals surface area (Å²) in [6.45, 7) is 1.82. The molecule has 4 aromatic carbocycles. The highest BCUT2D eigenvalue weighted by Gasteiger charge is 2.07. The van der Waals surface area contributed by atoms with Gasteiger partial charge in [-0.25, -0.2) is 0 Å². The van der Waals surface area contributed by atoms with Crippen LogP contribution in [0.3, 0.4) is 0 Å². The van der Waals surface area contributed by atoms with Crippen LogP contribution >= 0.6 is 9.39 Å². The van der Waals surface area contributed by atoms with Crippen LogP contribution in [-0.2, 0) is 17.8 Å². The lowest BCUT2D eigenvalue weighted by Gasteiger charge is -2.18. The van der Waals surface area contributed by atoms with Crippen molar-refractivity contribution in [2.24, 2.45) is 5.73 Å². The summed E-state index contributed by atoms with van der Waals surface area (Å²) in [7, 11) is 4.56. The predicted molar refractivity (Wildman–Crippen MR) is 168 cm³/mol. The van der Waals surface area contributed by atoms with Crippen molar-refractivity contribution in [3.05, 3.63) is 108 Å². The van der Waals surface area contributed by atoms with Gasteiger partial charge in [0.25, 0.3) is 5.91 Å². The van der Waals surface area contributed by atoms with Crippen LogP contribution in [0.5, 0.6) is 11.5 Å². The van der Waals surface area contributed by atoms with Gasteiger partial charge in [0.2, 0.25) is 0 Å². The summed E-state index contributed by atoms with van der Waals surface area (Å²) in [5, 5.41) is 3.57. The van der Waals surface area contributed by atoms with Gasteiger partial charge >= 0.3 is 0 Å². The highest BCUT2D eigenvalue weighted by Crippen LogP contribution is 2.23. The number of H-pyrrole nitrogens is 1. The lowest BCUT2D eigenvalue weighted by molar-refractivity contribution is -0.119. The fourth-order valence-corrected chi connectivity index (χ4v) is 4.73. The van der Waals surface area contributed by atoms with E-state index >= 15 is 0 Å². The average molecular weight is 554 g/mol. The quantitative estimate of drug-likeness (QED) is 0.156. The molecule has 0 radical (unpaired) electrons. The molecule has 3 N–H and O–H groups in total. The first-order chi connectivity index (χ1) is 19.5. The monoisotopic (exact) mass is 553 g/mol. The van der Waals surface area contributed by atoms with Gasteiger partial charge in [-0.05, 0) is 53.4 Å². The molecule has 0 fully saturated rings. The molecule has 0 saturated carbocycles. The number of nitrogens with one attached hydrogen (secondary N) is 1. The lowest BCUT2D eigenvalue weighted by Crippen LogP contribution is -2.19. The molecule has 206 valence electrons. The molecule has 1 atom stereocenters. The molecule has 0 aliphatic carbocycles. The Morgan fingerprint density at radius 2 is 1.62 bits per heavy atom. The van der Waals surface area contributed by atoms with E-state index in [2.05, 4.69) is 74.5 Å². The number of terminal acetylenes is 1. The minimum absolute atomic E-state index is 0.0850. The Morgan fingerprint density at radius 1 is 0.925 bits per heavy atom. The molecule has 1 aromatic heterocycles. The van der Waals surface area contributed by atoms with Crippen molar-refractivity contribution in [2.75, 3.05) is 20.3 Å². The second kappa shape index (κ2) is 16.0. The number of aryl methyl sites for hydroxylation is 1. The number of benzene rings is 4. The van der Waals surface area contributed by atoms with Crippen LogP contribution < -0.4 is 15.2 Å². The SMILES string of the molecule is C#C.COc1ccccc1CN(P)CCCc1c[nH]c2ccccc12.NC(=O)COc1ccc2ccccc2c1. The Bertz CT molecular complexity index is 1530. The summed E-state index contributed by atoms with van der Waals surface area (Å²) in [5.74, 6) is 1.15. The van der Waals surface area contributed by atoms with E-state index in [-0.39, 0.29) is 6.61 Å². The number of carbonyl (C=O) groups excluding carboxylic acids is 1. The van der Waals surface area contributed by atoms with E-state index in [0.29, 0.717) is 5.75 Å². The standard InChI is InChI=1S/C19H23N2OP.C12H11NO2.C2H2/c1-22-19-11-5-2-7-16(19)14-21(23)12-6-8-15-13-20-18-10-4-3-9-17(15)18;13-12(14)8-15-11-6-5-9-3-1-2-4-10(9)7-11;1-2/h2-5,7,9-11,13,20H,6,8,12,14,23H2,1H3;1-7H,8H2,(H2,13,14);1-2H. The van der Waals surface area contributed by atoms with Gasteiger partial charge < -0.3 is 20.2 Å². The van der Waals surface area contributed by atoms with Crippen LogP contribution in [0, 0.1) is 12.8 Å². The molecule has 0 aliphatic rings. The minimum atomic E-state index is -0.469. The van der Waals surface area contributed by atoms with E-state index < -0.39 is 5.91 Å². The number of ether oxygens (including phenoxy) is 2. The third-order valence-electron chi connectivity index (χ3n) is 6.23. The Kier molecular flexibility index (Phi) is 12.1. The van der Waals surface area contributed by atoms with E-state index in [4.69, 9.17) is 15.2 Å². The van der Waals surface area contributed by atoms with Gasteiger partial charge in [0.15, 0.2) is 6.61 Å². The van der Waals surface area contributed by atoms with Gasteiger partial charge in [-0.3, -0.25) is 9.46 Å². The van der Waals surface area contributed by atoms with Crippen molar-refractivity contribution in [3.8, 4) is 24.3 Å². The summed E-state index contributed by atoms with van der Waals surface area (Å²) < 4.78 is 12.9. The summed E-state index contributed by atoms with van der Waals surface area (Å²) in [6, 6.07) is 30.3. The summed E-state index contributed by atoms with van der Waals surface area (Å²) >= 11 is 0. The number of hydrogen-bond acceptors (Lipinski definition) is 4. The number of nitrogens with zero attached hydrogens (tertiary/aromatic N) is 1. The zero-order valence-electron chi connectivity index (χ0n) is 22.8. The maximum absolute atomic E-state index is 10.5. The Morgan fingerprint density at radius 3 is 2.40 bits per heavy atom. The number of para-hydroxylation sites is 2. The molecule has 7 heteroatoms. The molecule has 5 rings (SSSR count). The first-order valence-electron chi connectivity index (χ1n) is 12.9. The number of aromatic amines is 1.